The average Bonchev–Trinajstić information content (AvgIpc) is 3.55. The largest absolute Gasteiger partial charge is 0.256 e. The van der Waals surface area contributed by atoms with Gasteiger partial charge < -0.3 is 0 Å². The number of aryl methyl sites for hydroxylation is 1. The first kappa shape index (κ1) is 29.1. The van der Waals surface area contributed by atoms with E-state index in [0.29, 0.717) is 17.5 Å². The molecule has 3 aromatic heterocycles. The zero-order valence-corrected chi connectivity index (χ0v) is 27.4. The molecule has 8 aromatic rings. The lowest BCUT2D eigenvalue weighted by molar-refractivity contribution is 1.00. The minimum Gasteiger partial charge on any atom is -0.256 e. The van der Waals surface area contributed by atoms with Crippen molar-refractivity contribution in [3.05, 3.63) is 175 Å². The standard InChI is InChI=1S/C44H30N4S/c1-3-13-31(14-4-1)42-46-43(32-15-5-2-6-16-32)48-44(47-42)33-24-22-29(23-25-33)34-26-27-38(45-28-34)36-20-11-17-30-12-7-8-18-35(30)41-40(36)37-19-9-10-21-39(37)49-41/h1-10,12-16,18-28H,11,17H2. The molecule has 5 aromatic carbocycles. The van der Waals surface area contributed by atoms with Gasteiger partial charge in [-0.25, -0.2) is 15.0 Å². The zero-order chi connectivity index (χ0) is 32.6. The molecule has 9 rings (SSSR count). The second-order valence-corrected chi connectivity index (χ2v) is 13.2. The van der Waals surface area contributed by atoms with Crippen LogP contribution in [0.15, 0.2) is 158 Å². The molecule has 0 bridgehead atoms. The van der Waals surface area contributed by atoms with E-state index in [0.717, 1.165) is 46.4 Å². The molecule has 0 fully saturated rings. The number of hydrogen-bond donors (Lipinski definition) is 0. The minimum absolute atomic E-state index is 0.643. The van der Waals surface area contributed by atoms with Crippen LogP contribution in [0.25, 0.3) is 71.4 Å². The lowest BCUT2D eigenvalue weighted by atomic mass is 9.89. The molecule has 0 atom stereocenters. The Hall–Kier alpha value is -6.04. The van der Waals surface area contributed by atoms with Crippen molar-refractivity contribution in [2.75, 3.05) is 0 Å². The molecule has 0 spiro atoms. The predicted octanol–water partition coefficient (Wildman–Crippen LogP) is 11.2. The zero-order valence-electron chi connectivity index (χ0n) is 26.6. The van der Waals surface area contributed by atoms with Crippen LogP contribution >= 0.6 is 11.3 Å². The molecule has 1 aliphatic carbocycles. The van der Waals surface area contributed by atoms with Gasteiger partial charge in [-0.1, -0.05) is 140 Å². The summed E-state index contributed by atoms with van der Waals surface area (Å²) in [5.74, 6) is 1.95. The van der Waals surface area contributed by atoms with Gasteiger partial charge >= 0.3 is 0 Å². The van der Waals surface area contributed by atoms with Crippen LogP contribution in [0, 0.1) is 0 Å². The van der Waals surface area contributed by atoms with Crippen molar-refractivity contribution in [2.24, 2.45) is 0 Å². The molecule has 3 heterocycles. The molecule has 0 unspecified atom stereocenters. The monoisotopic (exact) mass is 646 g/mol. The number of thiophene rings is 1. The first-order chi connectivity index (χ1) is 24.3. The molecule has 5 heteroatoms. The number of pyridine rings is 1. The normalized spacial score (nSPS) is 12.4. The van der Waals surface area contributed by atoms with Crippen molar-refractivity contribution >= 4 is 27.0 Å². The number of allylic oxidation sites excluding steroid dienone is 1. The number of hydrogen-bond acceptors (Lipinski definition) is 5. The van der Waals surface area contributed by atoms with Crippen LogP contribution in [-0.2, 0) is 6.42 Å². The van der Waals surface area contributed by atoms with Crippen molar-refractivity contribution in [2.45, 2.75) is 12.8 Å². The maximum Gasteiger partial charge on any atom is 0.164 e. The summed E-state index contributed by atoms with van der Waals surface area (Å²) in [4.78, 5) is 21.0. The lowest BCUT2D eigenvalue weighted by Crippen LogP contribution is -2.00. The summed E-state index contributed by atoms with van der Waals surface area (Å²) in [7, 11) is 0. The van der Waals surface area contributed by atoms with E-state index in [-0.39, 0.29) is 0 Å². The third kappa shape index (κ3) is 5.54. The number of nitrogens with zero attached hydrogens (tertiary/aromatic N) is 4. The van der Waals surface area contributed by atoms with Crippen molar-refractivity contribution in [3.8, 4) is 55.7 Å². The van der Waals surface area contributed by atoms with E-state index in [2.05, 4.69) is 91.0 Å². The van der Waals surface area contributed by atoms with E-state index in [4.69, 9.17) is 19.9 Å². The Labute approximate surface area is 289 Å². The Morgan fingerprint density at radius 2 is 1.06 bits per heavy atom. The highest BCUT2D eigenvalue weighted by Gasteiger charge is 2.22. The highest BCUT2D eigenvalue weighted by Crippen LogP contribution is 2.46. The van der Waals surface area contributed by atoms with Gasteiger partial charge in [-0.3, -0.25) is 4.98 Å². The van der Waals surface area contributed by atoms with Crippen molar-refractivity contribution in [3.63, 3.8) is 0 Å². The van der Waals surface area contributed by atoms with E-state index >= 15 is 0 Å². The van der Waals surface area contributed by atoms with E-state index < -0.39 is 0 Å². The first-order valence-electron chi connectivity index (χ1n) is 16.5. The Kier molecular flexibility index (Phi) is 7.45. The first-order valence-corrected chi connectivity index (χ1v) is 17.3. The predicted molar refractivity (Wildman–Crippen MR) is 202 cm³/mol. The van der Waals surface area contributed by atoms with Crippen molar-refractivity contribution < 1.29 is 0 Å². The van der Waals surface area contributed by atoms with Gasteiger partial charge in [0.05, 0.1) is 5.69 Å². The number of rotatable bonds is 5. The Morgan fingerprint density at radius 1 is 0.490 bits per heavy atom. The maximum atomic E-state index is 5.07. The Balaban J connectivity index is 1.06. The van der Waals surface area contributed by atoms with Gasteiger partial charge in [0.1, 0.15) is 0 Å². The molecule has 0 saturated heterocycles. The second kappa shape index (κ2) is 12.5. The van der Waals surface area contributed by atoms with Gasteiger partial charge in [0, 0.05) is 54.6 Å². The summed E-state index contributed by atoms with van der Waals surface area (Å²) in [6.45, 7) is 0. The quantitative estimate of drug-likeness (QED) is 0.187. The minimum atomic E-state index is 0.643. The van der Waals surface area contributed by atoms with Crippen molar-refractivity contribution in [1.82, 2.24) is 19.9 Å². The third-order valence-corrected chi connectivity index (χ3v) is 10.3. The second-order valence-electron chi connectivity index (χ2n) is 12.2. The SMILES string of the molecule is C1=C(c2ccc(-c3ccc(-c4nc(-c5ccccc5)nc(-c5ccccc5)n4)cc3)cn2)c2c(sc3ccccc23)-c2ccccc2CC1. The average molecular weight is 647 g/mol. The van der Waals surface area contributed by atoms with E-state index in [1.807, 2.05) is 78.2 Å². The topological polar surface area (TPSA) is 51.6 Å². The highest BCUT2D eigenvalue weighted by atomic mass is 32.1. The van der Waals surface area contributed by atoms with Crippen LogP contribution in [0.3, 0.4) is 0 Å². The van der Waals surface area contributed by atoms with Gasteiger partial charge in [-0.05, 0) is 41.7 Å². The fourth-order valence-corrected chi connectivity index (χ4v) is 7.92. The van der Waals surface area contributed by atoms with Gasteiger partial charge in [-0.2, -0.15) is 0 Å². The molecule has 0 radical (unpaired) electrons. The van der Waals surface area contributed by atoms with Crippen LogP contribution < -0.4 is 0 Å². The number of benzene rings is 5. The molecule has 4 nitrogen and oxygen atoms in total. The van der Waals surface area contributed by atoms with Gasteiger partial charge in [0.25, 0.3) is 0 Å². The molecular weight excluding hydrogens is 617 g/mol. The summed E-state index contributed by atoms with van der Waals surface area (Å²) in [6, 6.07) is 50.5. The summed E-state index contributed by atoms with van der Waals surface area (Å²) >= 11 is 1.88. The van der Waals surface area contributed by atoms with E-state index in [9.17, 15) is 0 Å². The molecule has 232 valence electrons. The van der Waals surface area contributed by atoms with E-state index in [1.54, 1.807) is 0 Å². The fraction of sp³-hybridized carbons (Fsp3) is 0.0455. The Morgan fingerprint density at radius 3 is 1.73 bits per heavy atom. The highest BCUT2D eigenvalue weighted by molar-refractivity contribution is 7.22. The molecular formula is C44H30N4S. The molecule has 0 saturated carbocycles. The molecule has 0 aliphatic heterocycles. The maximum absolute atomic E-state index is 5.07. The lowest BCUT2D eigenvalue weighted by Gasteiger charge is -2.16. The molecule has 1 aliphatic rings. The van der Waals surface area contributed by atoms with Crippen LogP contribution in [-0.4, -0.2) is 19.9 Å². The number of fused-ring (bicyclic) bond motifs is 5. The summed E-state index contributed by atoms with van der Waals surface area (Å²) in [5.41, 5.74) is 11.2. The summed E-state index contributed by atoms with van der Waals surface area (Å²) in [6.07, 6.45) is 6.36. The van der Waals surface area contributed by atoms with Crippen LogP contribution in [0.5, 0.6) is 0 Å². The van der Waals surface area contributed by atoms with Crippen LogP contribution in [0.2, 0.25) is 0 Å². The molecule has 0 N–H and O–H groups in total. The Bertz CT molecular complexity index is 2410. The third-order valence-electron chi connectivity index (χ3n) is 9.10. The summed E-state index contributed by atoms with van der Waals surface area (Å²) in [5, 5.41) is 1.29. The van der Waals surface area contributed by atoms with Gasteiger partial charge in [0.2, 0.25) is 0 Å². The van der Waals surface area contributed by atoms with Crippen LogP contribution in [0.1, 0.15) is 23.2 Å². The smallest absolute Gasteiger partial charge is 0.164 e. The molecule has 49 heavy (non-hydrogen) atoms. The molecule has 0 amide bonds. The van der Waals surface area contributed by atoms with Crippen molar-refractivity contribution in [1.29, 1.82) is 0 Å². The van der Waals surface area contributed by atoms with Gasteiger partial charge in [-0.15, -0.1) is 11.3 Å². The summed E-state index contributed by atoms with van der Waals surface area (Å²) < 4.78 is 1.30. The van der Waals surface area contributed by atoms with E-state index in [1.165, 1.54) is 37.2 Å². The van der Waals surface area contributed by atoms with Gasteiger partial charge in [0.15, 0.2) is 17.5 Å². The number of aromatic nitrogens is 4. The fourth-order valence-electron chi connectivity index (χ4n) is 6.64. The van der Waals surface area contributed by atoms with Crippen LogP contribution in [0.4, 0.5) is 0 Å².